The summed E-state index contributed by atoms with van der Waals surface area (Å²) < 4.78 is 21.5. The molecule has 0 saturated carbocycles. The Morgan fingerprint density at radius 3 is 2.73 bits per heavy atom. The van der Waals surface area contributed by atoms with Gasteiger partial charge in [-0.15, -0.1) is 0 Å². The normalized spacial score (nSPS) is 12.2. The van der Waals surface area contributed by atoms with Gasteiger partial charge in [-0.1, -0.05) is 66.2 Å². The van der Waals surface area contributed by atoms with Gasteiger partial charge in [-0.2, -0.15) is 9.78 Å². The zero-order valence-corrected chi connectivity index (χ0v) is 23.5. The van der Waals surface area contributed by atoms with E-state index < -0.39 is 11.7 Å². The van der Waals surface area contributed by atoms with Crippen molar-refractivity contribution in [3.63, 3.8) is 0 Å². The van der Waals surface area contributed by atoms with E-state index in [1.54, 1.807) is 24.4 Å². The van der Waals surface area contributed by atoms with Gasteiger partial charge in [0.15, 0.2) is 6.61 Å². The number of amides is 1. The number of nitrogens with zero attached hydrogens (tertiary/aromatic N) is 3. The molecule has 0 aliphatic heterocycles. The monoisotopic (exact) mass is 600 g/mol. The first-order chi connectivity index (χ1) is 19.3. The maximum absolute atomic E-state index is 13.6. The summed E-state index contributed by atoms with van der Waals surface area (Å²) in [5, 5.41) is 9.47. The average Bonchev–Trinajstić information content (AvgIpc) is 2.95. The zero-order valence-electron chi connectivity index (χ0n) is 21.9. The molecule has 1 amide bonds. The molecule has 202 valence electrons. The van der Waals surface area contributed by atoms with Gasteiger partial charge in [0.1, 0.15) is 17.4 Å². The Morgan fingerprint density at radius 2 is 1.93 bits per heavy atom. The fourth-order valence-corrected chi connectivity index (χ4v) is 4.70. The number of nitrogens with one attached hydrogen (secondary N) is 1. The number of fused-ring (bicyclic) bond motifs is 2. The molecular formula is C31H26BrFN4O3. The van der Waals surface area contributed by atoms with Gasteiger partial charge in [0, 0.05) is 21.6 Å². The smallest absolute Gasteiger partial charge is 0.282 e. The van der Waals surface area contributed by atoms with Crippen LogP contribution in [0.5, 0.6) is 5.75 Å². The van der Waals surface area contributed by atoms with Crippen molar-refractivity contribution in [3.8, 4) is 5.75 Å². The summed E-state index contributed by atoms with van der Waals surface area (Å²) in [5.74, 6) is 0.0467. The predicted molar refractivity (Wildman–Crippen MR) is 160 cm³/mol. The topological polar surface area (TPSA) is 85.6 Å². The number of aromatic nitrogens is 2. The van der Waals surface area contributed by atoms with Crippen LogP contribution >= 0.6 is 15.9 Å². The third kappa shape index (κ3) is 5.79. The summed E-state index contributed by atoms with van der Waals surface area (Å²) in [6.07, 6.45) is 2.34. The maximum atomic E-state index is 13.6. The van der Waals surface area contributed by atoms with Gasteiger partial charge >= 0.3 is 0 Å². The van der Waals surface area contributed by atoms with E-state index in [2.05, 4.69) is 26.3 Å². The molecule has 1 aromatic heterocycles. The van der Waals surface area contributed by atoms with Gasteiger partial charge in [-0.25, -0.2) is 9.37 Å². The van der Waals surface area contributed by atoms with Crippen LogP contribution < -0.4 is 15.6 Å². The van der Waals surface area contributed by atoms with E-state index in [4.69, 9.17) is 9.72 Å². The van der Waals surface area contributed by atoms with Crippen LogP contribution in [0.3, 0.4) is 0 Å². The fourth-order valence-electron chi connectivity index (χ4n) is 4.34. The Balaban J connectivity index is 1.54. The number of hydrogen-bond acceptors (Lipinski definition) is 5. The van der Waals surface area contributed by atoms with Crippen molar-refractivity contribution in [2.24, 2.45) is 5.10 Å². The van der Waals surface area contributed by atoms with Crippen molar-refractivity contribution < 1.29 is 13.9 Å². The molecule has 4 aromatic carbocycles. The predicted octanol–water partition coefficient (Wildman–Crippen LogP) is 6.86. The van der Waals surface area contributed by atoms with Gasteiger partial charge in [0.05, 0.1) is 17.1 Å². The van der Waals surface area contributed by atoms with Crippen molar-refractivity contribution in [1.29, 1.82) is 0 Å². The molecule has 0 radical (unpaired) electrons. The molecule has 7 nitrogen and oxygen atoms in total. The average molecular weight is 601 g/mol. The minimum absolute atomic E-state index is 0.0207. The first-order valence-electron chi connectivity index (χ1n) is 12.8. The molecule has 0 bridgehead atoms. The van der Waals surface area contributed by atoms with Gasteiger partial charge in [-0.05, 0) is 59.7 Å². The Morgan fingerprint density at radius 1 is 1.10 bits per heavy atom. The van der Waals surface area contributed by atoms with E-state index in [0.29, 0.717) is 33.7 Å². The molecule has 1 heterocycles. The quantitative estimate of drug-likeness (QED) is 0.197. The van der Waals surface area contributed by atoms with E-state index in [9.17, 15) is 14.0 Å². The highest BCUT2D eigenvalue weighted by molar-refractivity contribution is 9.10. The van der Waals surface area contributed by atoms with Crippen molar-refractivity contribution in [3.05, 3.63) is 111 Å². The number of hydrogen-bond donors (Lipinski definition) is 1. The van der Waals surface area contributed by atoms with Crippen LogP contribution in [0, 0.1) is 5.82 Å². The minimum atomic E-state index is -0.450. The lowest BCUT2D eigenvalue weighted by atomic mass is 10.0. The lowest BCUT2D eigenvalue weighted by Gasteiger charge is -2.15. The third-order valence-electron chi connectivity index (χ3n) is 6.59. The van der Waals surface area contributed by atoms with E-state index in [0.717, 1.165) is 21.7 Å². The number of carbonyl (C=O) groups is 1. The standard InChI is InChI=1S/C31H26BrFN4O3/c1-3-19(2)30-36-27-13-12-21(32)15-25(27)31(39)37(30)34-17-26-24-10-5-4-7-20(24)11-14-28(26)40-18-29(38)35-23-9-6-8-22(33)16-23/h4-17,19H,3,18H2,1-2H3,(H,35,38)/t19-/m0/s1. The Bertz CT molecular complexity index is 1820. The summed E-state index contributed by atoms with van der Waals surface area (Å²) in [5.41, 5.74) is 1.26. The summed E-state index contributed by atoms with van der Waals surface area (Å²) >= 11 is 3.44. The van der Waals surface area contributed by atoms with Crippen LogP contribution in [-0.4, -0.2) is 28.4 Å². The number of carbonyl (C=O) groups excluding carboxylic acids is 1. The van der Waals surface area contributed by atoms with Gasteiger partial charge in [-0.3, -0.25) is 9.59 Å². The number of rotatable bonds is 8. The molecule has 0 saturated heterocycles. The van der Waals surface area contributed by atoms with E-state index in [1.165, 1.54) is 22.9 Å². The first-order valence-corrected chi connectivity index (χ1v) is 13.6. The maximum Gasteiger partial charge on any atom is 0.282 e. The minimum Gasteiger partial charge on any atom is -0.483 e. The Kier molecular flexibility index (Phi) is 8.02. The molecule has 0 fully saturated rings. The largest absolute Gasteiger partial charge is 0.483 e. The van der Waals surface area contributed by atoms with Crippen molar-refractivity contribution in [2.75, 3.05) is 11.9 Å². The number of ether oxygens (including phenoxy) is 1. The second kappa shape index (κ2) is 11.8. The van der Waals surface area contributed by atoms with Gasteiger partial charge < -0.3 is 10.1 Å². The molecule has 0 unspecified atom stereocenters. The number of benzene rings is 4. The van der Waals surface area contributed by atoms with Crippen LogP contribution in [0.25, 0.3) is 21.7 Å². The molecule has 5 aromatic rings. The first kappa shape index (κ1) is 27.2. The second-order valence-electron chi connectivity index (χ2n) is 9.35. The highest BCUT2D eigenvalue weighted by atomic mass is 79.9. The molecule has 0 spiro atoms. The summed E-state index contributed by atoms with van der Waals surface area (Å²) in [6, 6.07) is 22.4. The van der Waals surface area contributed by atoms with Crippen molar-refractivity contribution in [1.82, 2.24) is 9.66 Å². The molecule has 9 heteroatoms. The van der Waals surface area contributed by atoms with Gasteiger partial charge in [0.2, 0.25) is 0 Å². The molecule has 0 aliphatic carbocycles. The van der Waals surface area contributed by atoms with Crippen molar-refractivity contribution in [2.45, 2.75) is 26.2 Å². The summed E-state index contributed by atoms with van der Waals surface area (Å²) in [7, 11) is 0. The summed E-state index contributed by atoms with van der Waals surface area (Å²) in [4.78, 5) is 30.9. The van der Waals surface area contributed by atoms with Gasteiger partial charge in [0.25, 0.3) is 11.5 Å². The lowest BCUT2D eigenvalue weighted by molar-refractivity contribution is -0.118. The molecule has 40 heavy (non-hydrogen) atoms. The second-order valence-corrected chi connectivity index (χ2v) is 10.3. The van der Waals surface area contributed by atoms with Crippen molar-refractivity contribution >= 4 is 55.4 Å². The van der Waals surface area contributed by atoms with Crippen LogP contribution in [0.1, 0.15) is 37.6 Å². The highest BCUT2D eigenvalue weighted by Gasteiger charge is 2.17. The molecule has 1 N–H and O–H groups in total. The van der Waals surface area contributed by atoms with Crippen LogP contribution in [0.2, 0.25) is 0 Å². The SMILES string of the molecule is CC[C@H](C)c1nc2ccc(Br)cc2c(=O)n1N=Cc1c(OCC(=O)Nc2cccc(F)c2)ccc2ccccc12. The Labute approximate surface area is 238 Å². The van der Waals surface area contributed by atoms with Crippen LogP contribution in [0.4, 0.5) is 10.1 Å². The molecular weight excluding hydrogens is 575 g/mol. The molecule has 1 atom stereocenters. The van der Waals surface area contributed by atoms with E-state index in [-0.39, 0.29) is 18.1 Å². The third-order valence-corrected chi connectivity index (χ3v) is 7.08. The summed E-state index contributed by atoms with van der Waals surface area (Å²) in [6.45, 7) is 3.73. The van der Waals surface area contributed by atoms with Crippen LogP contribution in [0.15, 0.2) is 93.2 Å². The molecule has 5 rings (SSSR count). The zero-order chi connectivity index (χ0) is 28.2. The number of anilines is 1. The van der Waals surface area contributed by atoms with E-state index in [1.807, 2.05) is 56.3 Å². The number of halogens is 2. The lowest BCUT2D eigenvalue weighted by Crippen LogP contribution is -2.24. The Hall–Kier alpha value is -4.37. The fraction of sp³-hybridized carbons (Fsp3) is 0.161. The van der Waals surface area contributed by atoms with E-state index >= 15 is 0 Å². The highest BCUT2D eigenvalue weighted by Crippen LogP contribution is 2.27. The van der Waals surface area contributed by atoms with Crippen LogP contribution in [-0.2, 0) is 4.79 Å². The molecule has 0 aliphatic rings.